The molecule has 0 atom stereocenters. The van der Waals surface area contributed by atoms with Crippen LogP contribution in [0.3, 0.4) is 0 Å². The molecular weight excluding hydrogens is 452 g/mol. The number of sulfonamides is 1. The van der Waals surface area contributed by atoms with E-state index in [0.717, 1.165) is 50.9 Å². The van der Waals surface area contributed by atoms with Crippen LogP contribution in [-0.2, 0) is 32.6 Å². The molecule has 0 unspecified atom stereocenters. The van der Waals surface area contributed by atoms with Gasteiger partial charge >= 0.3 is 11.8 Å². The Balaban J connectivity index is 1.25. The van der Waals surface area contributed by atoms with Crippen molar-refractivity contribution in [3.05, 3.63) is 59.7 Å². The van der Waals surface area contributed by atoms with E-state index < -0.39 is 21.8 Å². The van der Waals surface area contributed by atoms with Gasteiger partial charge in [0.05, 0.1) is 11.9 Å². The van der Waals surface area contributed by atoms with E-state index in [1.54, 1.807) is 12.1 Å². The number of likely N-dealkylation sites (tertiary alicyclic amines) is 1. The van der Waals surface area contributed by atoms with Crippen LogP contribution in [0.15, 0.2) is 48.5 Å². The van der Waals surface area contributed by atoms with Crippen molar-refractivity contribution in [2.24, 2.45) is 5.92 Å². The number of fused-ring (bicyclic) bond motifs is 1. The maximum absolute atomic E-state index is 12.4. The van der Waals surface area contributed by atoms with Gasteiger partial charge in [-0.1, -0.05) is 36.4 Å². The van der Waals surface area contributed by atoms with Crippen LogP contribution in [0, 0.1) is 5.92 Å². The zero-order valence-corrected chi connectivity index (χ0v) is 20.3. The van der Waals surface area contributed by atoms with Crippen LogP contribution >= 0.6 is 0 Å². The molecule has 2 aromatic carbocycles. The Morgan fingerprint density at radius 3 is 2.44 bits per heavy atom. The van der Waals surface area contributed by atoms with E-state index in [9.17, 15) is 18.0 Å². The molecule has 0 saturated carbocycles. The molecule has 9 heteroatoms. The Bertz CT molecular complexity index is 1130. The monoisotopic (exact) mass is 484 g/mol. The lowest BCUT2D eigenvalue weighted by Crippen LogP contribution is -2.41. The van der Waals surface area contributed by atoms with Crippen molar-refractivity contribution in [2.75, 3.05) is 42.1 Å². The average molecular weight is 485 g/mol. The third kappa shape index (κ3) is 6.15. The van der Waals surface area contributed by atoms with E-state index in [4.69, 9.17) is 0 Å². The molecule has 0 spiro atoms. The van der Waals surface area contributed by atoms with E-state index in [1.807, 2.05) is 12.1 Å². The fourth-order valence-electron chi connectivity index (χ4n) is 4.66. The van der Waals surface area contributed by atoms with Crippen LogP contribution in [0.4, 0.5) is 11.4 Å². The van der Waals surface area contributed by atoms with Gasteiger partial charge in [0, 0.05) is 25.3 Å². The number of piperidine rings is 1. The van der Waals surface area contributed by atoms with Crippen LogP contribution in [-0.4, -0.2) is 57.6 Å². The van der Waals surface area contributed by atoms with Gasteiger partial charge in [0.15, 0.2) is 0 Å². The third-order valence-corrected chi connectivity index (χ3v) is 7.71. The first-order valence-electron chi connectivity index (χ1n) is 11.8. The molecular formula is C25H32N4O4S. The second-order valence-electron chi connectivity index (χ2n) is 9.15. The van der Waals surface area contributed by atoms with Crippen molar-refractivity contribution >= 4 is 33.2 Å². The van der Waals surface area contributed by atoms with Crippen LogP contribution < -0.4 is 14.9 Å². The van der Waals surface area contributed by atoms with E-state index >= 15 is 0 Å². The summed E-state index contributed by atoms with van der Waals surface area (Å²) < 4.78 is 25.6. The van der Waals surface area contributed by atoms with E-state index in [2.05, 4.69) is 39.8 Å². The smallest absolute Gasteiger partial charge is 0.313 e. The van der Waals surface area contributed by atoms with Crippen molar-refractivity contribution < 1.29 is 18.0 Å². The topological polar surface area (TPSA) is 98.8 Å². The number of carbonyl (C=O) groups excluding carboxylic acids is 2. The average Bonchev–Trinajstić information content (AvgIpc) is 2.83. The SMILES string of the molecule is CS(=O)(=O)N1CCCc2ccc(NC(=O)C(=O)NCC3CCN(Cc4ccccc4)CC3)cc21. The normalized spacial score (nSPS) is 17.1. The molecule has 34 heavy (non-hydrogen) atoms. The number of rotatable bonds is 6. The van der Waals surface area contributed by atoms with Gasteiger partial charge in [-0.25, -0.2) is 8.42 Å². The van der Waals surface area contributed by atoms with Crippen molar-refractivity contribution in [2.45, 2.75) is 32.2 Å². The van der Waals surface area contributed by atoms with Gasteiger partial charge in [0.2, 0.25) is 10.0 Å². The summed E-state index contributed by atoms with van der Waals surface area (Å²) in [4.78, 5) is 27.2. The second-order valence-corrected chi connectivity index (χ2v) is 11.1. The summed E-state index contributed by atoms with van der Waals surface area (Å²) in [6.07, 6.45) is 4.65. The van der Waals surface area contributed by atoms with E-state index in [0.29, 0.717) is 30.4 Å². The molecule has 0 aromatic heterocycles. The fraction of sp³-hybridized carbons (Fsp3) is 0.440. The molecule has 2 heterocycles. The molecule has 2 amide bonds. The van der Waals surface area contributed by atoms with Gasteiger partial charge in [0.25, 0.3) is 0 Å². The second kappa shape index (κ2) is 10.6. The number of aryl methyl sites for hydroxylation is 1. The number of carbonyl (C=O) groups is 2. The fourth-order valence-corrected chi connectivity index (χ4v) is 5.65. The first-order chi connectivity index (χ1) is 16.3. The summed E-state index contributed by atoms with van der Waals surface area (Å²) in [5.74, 6) is -1.08. The predicted octanol–water partition coefficient (Wildman–Crippen LogP) is 2.37. The van der Waals surface area contributed by atoms with Crippen molar-refractivity contribution in [1.82, 2.24) is 10.2 Å². The van der Waals surface area contributed by atoms with Crippen LogP contribution in [0.25, 0.3) is 0 Å². The van der Waals surface area contributed by atoms with Crippen molar-refractivity contribution in [1.29, 1.82) is 0 Å². The standard InChI is InChI=1S/C25H32N4O4S/c1-34(32,33)29-13-5-8-21-9-10-22(16-23(21)29)27-25(31)24(30)26-17-19-11-14-28(15-12-19)18-20-6-3-2-4-7-20/h2-4,6-7,9-10,16,19H,5,8,11-15,17-18H2,1H3,(H,26,30)(H,27,31). The minimum atomic E-state index is -3.41. The number of nitrogens with zero attached hydrogens (tertiary/aromatic N) is 2. The highest BCUT2D eigenvalue weighted by Crippen LogP contribution is 2.31. The Hall–Kier alpha value is -2.91. The molecule has 1 saturated heterocycles. The zero-order valence-electron chi connectivity index (χ0n) is 19.5. The molecule has 2 aromatic rings. The Morgan fingerprint density at radius 1 is 1.00 bits per heavy atom. The first kappa shape index (κ1) is 24.2. The van der Waals surface area contributed by atoms with Crippen LogP contribution in [0.5, 0.6) is 0 Å². The zero-order chi connectivity index (χ0) is 24.1. The lowest BCUT2D eigenvalue weighted by molar-refractivity contribution is -0.136. The summed E-state index contributed by atoms with van der Waals surface area (Å²) in [5, 5.41) is 5.36. The summed E-state index contributed by atoms with van der Waals surface area (Å²) >= 11 is 0. The molecule has 182 valence electrons. The van der Waals surface area contributed by atoms with Crippen LogP contribution in [0.1, 0.15) is 30.4 Å². The molecule has 2 aliphatic heterocycles. The number of hydrogen-bond acceptors (Lipinski definition) is 5. The van der Waals surface area contributed by atoms with Gasteiger partial charge in [-0.05, 0) is 68.0 Å². The summed E-state index contributed by atoms with van der Waals surface area (Å²) in [5.41, 5.74) is 3.18. The maximum Gasteiger partial charge on any atom is 0.313 e. The highest BCUT2D eigenvalue weighted by atomic mass is 32.2. The minimum Gasteiger partial charge on any atom is -0.348 e. The quantitative estimate of drug-likeness (QED) is 0.614. The lowest BCUT2D eigenvalue weighted by atomic mass is 9.96. The molecule has 0 aliphatic carbocycles. The molecule has 2 aliphatic rings. The largest absolute Gasteiger partial charge is 0.348 e. The number of anilines is 2. The Labute approximate surface area is 201 Å². The molecule has 1 fully saturated rings. The summed E-state index contributed by atoms with van der Waals surface area (Å²) in [6, 6.07) is 15.5. The highest BCUT2D eigenvalue weighted by Gasteiger charge is 2.25. The Kier molecular flexibility index (Phi) is 7.53. The molecule has 0 radical (unpaired) electrons. The van der Waals surface area contributed by atoms with E-state index in [1.165, 1.54) is 16.1 Å². The predicted molar refractivity (Wildman–Crippen MR) is 133 cm³/mol. The Morgan fingerprint density at radius 2 is 1.74 bits per heavy atom. The lowest BCUT2D eigenvalue weighted by Gasteiger charge is -2.32. The van der Waals surface area contributed by atoms with Gasteiger partial charge < -0.3 is 10.6 Å². The van der Waals surface area contributed by atoms with Gasteiger partial charge in [-0.15, -0.1) is 0 Å². The first-order valence-corrected chi connectivity index (χ1v) is 13.6. The molecule has 4 rings (SSSR count). The molecule has 8 nitrogen and oxygen atoms in total. The number of hydrogen-bond donors (Lipinski definition) is 2. The number of nitrogens with one attached hydrogen (secondary N) is 2. The third-order valence-electron chi connectivity index (χ3n) is 6.53. The van der Waals surface area contributed by atoms with Gasteiger partial charge in [0.1, 0.15) is 0 Å². The van der Waals surface area contributed by atoms with Gasteiger partial charge in [-0.3, -0.25) is 18.8 Å². The highest BCUT2D eigenvalue weighted by molar-refractivity contribution is 7.92. The van der Waals surface area contributed by atoms with Crippen molar-refractivity contribution in [3.8, 4) is 0 Å². The summed E-state index contributed by atoms with van der Waals surface area (Å²) in [7, 11) is -3.41. The minimum absolute atomic E-state index is 0.343. The molecule has 2 N–H and O–H groups in total. The van der Waals surface area contributed by atoms with Gasteiger partial charge in [-0.2, -0.15) is 0 Å². The van der Waals surface area contributed by atoms with Crippen LogP contribution in [0.2, 0.25) is 0 Å². The maximum atomic E-state index is 12.4. The number of amides is 2. The number of benzene rings is 2. The van der Waals surface area contributed by atoms with Crippen molar-refractivity contribution in [3.63, 3.8) is 0 Å². The summed E-state index contributed by atoms with van der Waals surface area (Å²) in [6.45, 7) is 3.74. The van der Waals surface area contributed by atoms with E-state index in [-0.39, 0.29) is 0 Å². The molecule has 0 bridgehead atoms.